The molecular weight excluding hydrogens is 274 g/mol. The van der Waals surface area contributed by atoms with Crippen molar-refractivity contribution in [1.29, 1.82) is 0 Å². The first-order chi connectivity index (χ1) is 9.25. The largest absolute Gasteiger partial charge is 0.368 e. The number of hydrogen-bond acceptors (Lipinski definition) is 3. The summed E-state index contributed by atoms with van der Waals surface area (Å²) < 4.78 is 27.6. The first-order valence-electron chi connectivity index (χ1n) is 6.75. The van der Waals surface area contributed by atoms with Crippen molar-refractivity contribution in [3.05, 3.63) is 30.3 Å². The smallest absolute Gasteiger partial charge is 0.282 e. The first-order valence-corrected chi connectivity index (χ1v) is 8.15. The van der Waals surface area contributed by atoms with Gasteiger partial charge >= 0.3 is 0 Å². The van der Waals surface area contributed by atoms with Crippen LogP contribution in [0.15, 0.2) is 30.3 Å². The van der Waals surface area contributed by atoms with E-state index >= 15 is 0 Å². The third-order valence-corrected chi connectivity index (χ3v) is 5.84. The molecule has 0 saturated carbocycles. The van der Waals surface area contributed by atoms with Gasteiger partial charge in [0.05, 0.1) is 0 Å². The van der Waals surface area contributed by atoms with Gasteiger partial charge in [-0.05, 0) is 26.0 Å². The highest BCUT2D eigenvalue weighted by Gasteiger charge is 2.41. The van der Waals surface area contributed by atoms with Gasteiger partial charge in [-0.3, -0.25) is 0 Å². The van der Waals surface area contributed by atoms with Gasteiger partial charge in [0.1, 0.15) is 0 Å². The van der Waals surface area contributed by atoms with Crippen LogP contribution < -0.4 is 4.90 Å². The van der Waals surface area contributed by atoms with Crippen molar-refractivity contribution < 1.29 is 8.42 Å². The van der Waals surface area contributed by atoms with Crippen LogP contribution in [0, 0.1) is 0 Å². The van der Waals surface area contributed by atoms with Gasteiger partial charge < -0.3 is 4.90 Å². The maximum Gasteiger partial charge on any atom is 0.282 e. The van der Waals surface area contributed by atoms with E-state index in [4.69, 9.17) is 0 Å². The summed E-state index contributed by atoms with van der Waals surface area (Å²) in [6, 6.07) is 10.1. The predicted octanol–water partition coefficient (Wildman–Crippen LogP) is 1.39. The molecule has 1 heterocycles. The van der Waals surface area contributed by atoms with Crippen molar-refractivity contribution in [2.75, 3.05) is 38.6 Å². The highest BCUT2D eigenvalue weighted by molar-refractivity contribution is 7.86. The third kappa shape index (κ3) is 2.82. The Morgan fingerprint density at radius 3 is 2.20 bits per heavy atom. The molecule has 6 heteroatoms. The third-order valence-electron chi connectivity index (χ3n) is 3.69. The zero-order valence-electron chi connectivity index (χ0n) is 12.6. The Balaban J connectivity index is 2.22. The highest BCUT2D eigenvalue weighted by Crippen LogP contribution is 2.28. The summed E-state index contributed by atoms with van der Waals surface area (Å²) in [7, 11) is -0.216. The lowest BCUT2D eigenvalue weighted by atomic mass is 10.0. The molecule has 5 nitrogen and oxygen atoms in total. The van der Waals surface area contributed by atoms with Crippen LogP contribution in [0.25, 0.3) is 0 Å². The average molecular weight is 297 g/mol. The number of rotatable bonds is 3. The fourth-order valence-electron chi connectivity index (χ4n) is 2.62. The van der Waals surface area contributed by atoms with E-state index in [1.165, 1.54) is 4.31 Å². The van der Waals surface area contributed by atoms with Gasteiger partial charge in [0.2, 0.25) is 0 Å². The molecule has 2 rings (SSSR count). The van der Waals surface area contributed by atoms with Crippen molar-refractivity contribution in [1.82, 2.24) is 8.61 Å². The Labute approximate surface area is 122 Å². The number of para-hydroxylation sites is 1. The standard InChI is InChI=1S/C14H23N3O2S/c1-14(2)12-16(13-8-6-5-7-9-13)10-11-17(14)20(18,19)15(3)4/h5-9H,10-12H2,1-4H3. The van der Waals surface area contributed by atoms with Crippen molar-refractivity contribution in [2.45, 2.75) is 19.4 Å². The number of hydrogen-bond donors (Lipinski definition) is 0. The van der Waals surface area contributed by atoms with Gasteiger partial charge in [-0.25, -0.2) is 0 Å². The van der Waals surface area contributed by atoms with Crippen LogP contribution in [0.5, 0.6) is 0 Å². The van der Waals surface area contributed by atoms with Gasteiger partial charge in [-0.1, -0.05) is 18.2 Å². The summed E-state index contributed by atoms with van der Waals surface area (Å²) in [5, 5.41) is 0. The number of piperazine rings is 1. The molecule has 0 unspecified atom stereocenters. The second kappa shape index (κ2) is 5.35. The zero-order chi connectivity index (χ0) is 15.0. The second-order valence-electron chi connectivity index (χ2n) is 5.93. The lowest BCUT2D eigenvalue weighted by Gasteiger charge is -2.47. The monoisotopic (exact) mass is 297 g/mol. The molecule has 1 aromatic rings. The molecule has 0 amide bonds. The van der Waals surface area contributed by atoms with E-state index in [-0.39, 0.29) is 0 Å². The lowest BCUT2D eigenvalue weighted by molar-refractivity contribution is 0.195. The van der Waals surface area contributed by atoms with Gasteiger partial charge in [-0.15, -0.1) is 0 Å². The van der Waals surface area contributed by atoms with Gasteiger partial charge in [0, 0.05) is 45.0 Å². The Hall–Kier alpha value is -1.11. The Morgan fingerprint density at radius 1 is 1.10 bits per heavy atom. The van der Waals surface area contributed by atoms with Crippen LogP contribution in [-0.2, 0) is 10.2 Å². The average Bonchev–Trinajstić information content (AvgIpc) is 2.38. The summed E-state index contributed by atoms with van der Waals surface area (Å²) >= 11 is 0. The quantitative estimate of drug-likeness (QED) is 0.847. The van der Waals surface area contributed by atoms with Crippen LogP contribution in [0.4, 0.5) is 5.69 Å². The van der Waals surface area contributed by atoms with Crippen molar-refractivity contribution in [3.63, 3.8) is 0 Å². The predicted molar refractivity (Wildman–Crippen MR) is 82.0 cm³/mol. The Bertz CT molecular complexity index is 555. The molecule has 0 radical (unpaired) electrons. The molecular formula is C14H23N3O2S. The fraction of sp³-hybridized carbons (Fsp3) is 0.571. The molecule has 1 fully saturated rings. The Morgan fingerprint density at radius 2 is 1.70 bits per heavy atom. The summed E-state index contributed by atoms with van der Waals surface area (Å²) in [5.41, 5.74) is 0.708. The van der Waals surface area contributed by atoms with Crippen LogP contribution in [-0.4, -0.2) is 56.3 Å². The molecule has 1 aromatic carbocycles. The van der Waals surface area contributed by atoms with E-state index in [1.807, 2.05) is 32.0 Å². The van der Waals surface area contributed by atoms with E-state index in [9.17, 15) is 8.42 Å². The molecule has 0 aliphatic carbocycles. The summed E-state index contributed by atoms with van der Waals surface area (Å²) in [4.78, 5) is 2.24. The maximum absolute atomic E-state index is 12.4. The molecule has 20 heavy (non-hydrogen) atoms. The summed E-state index contributed by atoms with van der Waals surface area (Å²) in [5.74, 6) is 0. The van der Waals surface area contributed by atoms with E-state index < -0.39 is 15.7 Å². The molecule has 0 bridgehead atoms. The van der Waals surface area contributed by atoms with Crippen LogP contribution >= 0.6 is 0 Å². The topological polar surface area (TPSA) is 43.9 Å². The molecule has 1 aliphatic heterocycles. The minimum atomic E-state index is -3.37. The molecule has 1 aliphatic rings. The summed E-state index contributed by atoms with van der Waals surface area (Å²) in [6.07, 6.45) is 0. The number of nitrogens with zero attached hydrogens (tertiary/aromatic N) is 3. The van der Waals surface area contributed by atoms with E-state index in [1.54, 1.807) is 18.4 Å². The fourth-order valence-corrected chi connectivity index (χ4v) is 4.01. The van der Waals surface area contributed by atoms with Crippen LogP contribution in [0.1, 0.15) is 13.8 Å². The molecule has 0 atom stereocenters. The number of anilines is 1. The summed E-state index contributed by atoms with van der Waals surface area (Å²) in [6.45, 7) is 5.85. The first kappa shape index (κ1) is 15.3. The van der Waals surface area contributed by atoms with Crippen LogP contribution in [0.2, 0.25) is 0 Å². The van der Waals surface area contributed by atoms with Gasteiger partial charge in [0.15, 0.2) is 0 Å². The second-order valence-corrected chi connectivity index (χ2v) is 8.00. The minimum absolute atomic E-state index is 0.433. The molecule has 0 N–H and O–H groups in total. The normalized spacial score (nSPS) is 20.4. The highest BCUT2D eigenvalue weighted by atomic mass is 32.2. The minimum Gasteiger partial charge on any atom is -0.368 e. The SMILES string of the molecule is CN(C)S(=O)(=O)N1CCN(c2ccccc2)CC1(C)C. The van der Waals surface area contributed by atoms with E-state index in [2.05, 4.69) is 17.0 Å². The number of benzene rings is 1. The molecule has 112 valence electrons. The van der Waals surface area contributed by atoms with E-state index in [0.717, 1.165) is 5.69 Å². The van der Waals surface area contributed by atoms with Gasteiger partial charge in [0.25, 0.3) is 10.2 Å². The van der Waals surface area contributed by atoms with Crippen molar-refractivity contribution in [2.24, 2.45) is 0 Å². The molecule has 0 aromatic heterocycles. The van der Waals surface area contributed by atoms with Crippen LogP contribution in [0.3, 0.4) is 0 Å². The lowest BCUT2D eigenvalue weighted by Crippen LogP contribution is -2.62. The van der Waals surface area contributed by atoms with E-state index in [0.29, 0.717) is 19.6 Å². The van der Waals surface area contributed by atoms with Crippen molar-refractivity contribution in [3.8, 4) is 0 Å². The van der Waals surface area contributed by atoms with Gasteiger partial charge in [-0.2, -0.15) is 17.0 Å². The van der Waals surface area contributed by atoms with Crippen molar-refractivity contribution >= 4 is 15.9 Å². The zero-order valence-corrected chi connectivity index (χ0v) is 13.4. The molecule has 1 saturated heterocycles. The Kier molecular flexibility index (Phi) is 4.09. The maximum atomic E-state index is 12.4. The molecule has 0 spiro atoms.